The molecule has 0 aliphatic rings. The Hall–Kier alpha value is -1.42. The minimum atomic E-state index is 0.0966. The predicted molar refractivity (Wildman–Crippen MR) is 67.2 cm³/mol. The van der Waals surface area contributed by atoms with Crippen molar-refractivity contribution >= 4 is 5.78 Å². The quantitative estimate of drug-likeness (QED) is 0.736. The molecule has 1 atom stereocenters. The average Bonchev–Trinajstić information content (AvgIpc) is 2.36. The van der Waals surface area contributed by atoms with Crippen molar-refractivity contribution in [1.82, 2.24) is 4.98 Å². The van der Waals surface area contributed by atoms with Crippen LogP contribution < -0.4 is 10.5 Å². The number of carbonyl (C=O) groups is 1. The van der Waals surface area contributed by atoms with E-state index in [1.54, 1.807) is 18.5 Å². The summed E-state index contributed by atoms with van der Waals surface area (Å²) in [5.41, 5.74) is 6.13. The molecule has 1 aromatic heterocycles. The van der Waals surface area contributed by atoms with Gasteiger partial charge < -0.3 is 10.5 Å². The van der Waals surface area contributed by atoms with Gasteiger partial charge in [-0.3, -0.25) is 9.78 Å². The fourth-order valence-electron chi connectivity index (χ4n) is 1.46. The Bertz CT molecular complexity index is 366. The number of rotatable bonds is 7. The maximum atomic E-state index is 11.9. The van der Waals surface area contributed by atoms with Gasteiger partial charge in [-0.15, -0.1) is 0 Å². The maximum Gasteiger partial charge on any atom is 0.164 e. The van der Waals surface area contributed by atoms with Crippen LogP contribution >= 0.6 is 0 Å². The molecule has 0 saturated heterocycles. The lowest BCUT2D eigenvalue weighted by Gasteiger charge is -2.08. The molecule has 1 aromatic rings. The van der Waals surface area contributed by atoms with Crippen molar-refractivity contribution in [3.8, 4) is 5.75 Å². The highest BCUT2D eigenvalue weighted by Gasteiger charge is 2.09. The molecule has 0 amide bonds. The topological polar surface area (TPSA) is 65.2 Å². The van der Waals surface area contributed by atoms with Gasteiger partial charge in [0, 0.05) is 18.2 Å². The van der Waals surface area contributed by atoms with E-state index < -0.39 is 0 Å². The highest BCUT2D eigenvalue weighted by molar-refractivity contribution is 5.96. The van der Waals surface area contributed by atoms with Crippen LogP contribution in [0.4, 0.5) is 0 Å². The number of nitrogens with zero attached hydrogens (tertiary/aromatic N) is 1. The molecular weight excluding hydrogens is 216 g/mol. The molecule has 1 rings (SSSR count). The summed E-state index contributed by atoms with van der Waals surface area (Å²) in [6.07, 6.45) is 4.52. The summed E-state index contributed by atoms with van der Waals surface area (Å²) in [7, 11) is 0. The van der Waals surface area contributed by atoms with E-state index in [9.17, 15) is 4.79 Å². The Morgan fingerprint density at radius 2 is 2.29 bits per heavy atom. The standard InChI is InChI=1S/C13H20N2O2/c1-3-17-12-6-11(8-15-9-12)13(16)5-4-10(2)7-14/h6,8-10H,3-5,7,14H2,1-2H3. The van der Waals surface area contributed by atoms with Crippen LogP contribution in [-0.2, 0) is 0 Å². The van der Waals surface area contributed by atoms with Crippen LogP contribution in [0.25, 0.3) is 0 Å². The Labute approximate surface area is 102 Å². The molecule has 1 unspecified atom stereocenters. The van der Waals surface area contributed by atoms with Crippen molar-refractivity contribution in [3.63, 3.8) is 0 Å². The summed E-state index contributed by atoms with van der Waals surface area (Å²) >= 11 is 0. The monoisotopic (exact) mass is 236 g/mol. The third-order valence-electron chi connectivity index (χ3n) is 2.61. The molecule has 0 bridgehead atoms. The predicted octanol–water partition coefficient (Wildman–Crippen LogP) is 2.04. The van der Waals surface area contributed by atoms with Crippen molar-refractivity contribution in [2.75, 3.05) is 13.2 Å². The summed E-state index contributed by atoms with van der Waals surface area (Å²) in [4.78, 5) is 15.9. The van der Waals surface area contributed by atoms with Gasteiger partial charge in [0.05, 0.1) is 12.8 Å². The molecule has 94 valence electrons. The van der Waals surface area contributed by atoms with Gasteiger partial charge in [0.25, 0.3) is 0 Å². The zero-order valence-electron chi connectivity index (χ0n) is 10.5. The van der Waals surface area contributed by atoms with Gasteiger partial charge in [-0.1, -0.05) is 6.92 Å². The van der Waals surface area contributed by atoms with Gasteiger partial charge in [0.15, 0.2) is 5.78 Å². The summed E-state index contributed by atoms with van der Waals surface area (Å²) < 4.78 is 5.31. The summed E-state index contributed by atoms with van der Waals surface area (Å²) in [5, 5.41) is 0. The maximum absolute atomic E-state index is 11.9. The van der Waals surface area contributed by atoms with E-state index in [0.29, 0.717) is 36.8 Å². The third-order valence-corrected chi connectivity index (χ3v) is 2.61. The second-order valence-corrected chi connectivity index (χ2v) is 4.15. The van der Waals surface area contributed by atoms with E-state index in [1.807, 2.05) is 13.8 Å². The number of carbonyl (C=O) groups excluding carboxylic acids is 1. The number of pyridine rings is 1. The SMILES string of the molecule is CCOc1cncc(C(=O)CCC(C)CN)c1. The minimum absolute atomic E-state index is 0.0966. The molecule has 0 spiro atoms. The van der Waals surface area contributed by atoms with Crippen LogP contribution in [-0.4, -0.2) is 23.9 Å². The molecule has 0 fully saturated rings. The van der Waals surface area contributed by atoms with E-state index in [0.717, 1.165) is 6.42 Å². The van der Waals surface area contributed by atoms with Crippen LogP contribution in [0.2, 0.25) is 0 Å². The van der Waals surface area contributed by atoms with Gasteiger partial charge in [0.1, 0.15) is 5.75 Å². The van der Waals surface area contributed by atoms with Gasteiger partial charge in [0.2, 0.25) is 0 Å². The smallest absolute Gasteiger partial charge is 0.164 e. The van der Waals surface area contributed by atoms with E-state index in [2.05, 4.69) is 4.98 Å². The lowest BCUT2D eigenvalue weighted by molar-refractivity contribution is 0.0974. The van der Waals surface area contributed by atoms with Gasteiger partial charge in [-0.05, 0) is 31.9 Å². The van der Waals surface area contributed by atoms with Crippen molar-refractivity contribution in [1.29, 1.82) is 0 Å². The molecule has 4 heteroatoms. The van der Waals surface area contributed by atoms with Gasteiger partial charge in [-0.25, -0.2) is 0 Å². The highest BCUT2D eigenvalue weighted by atomic mass is 16.5. The van der Waals surface area contributed by atoms with E-state index in [4.69, 9.17) is 10.5 Å². The zero-order chi connectivity index (χ0) is 12.7. The van der Waals surface area contributed by atoms with Crippen LogP contribution in [0.5, 0.6) is 5.75 Å². The number of nitrogens with two attached hydrogens (primary N) is 1. The fraction of sp³-hybridized carbons (Fsp3) is 0.538. The molecule has 0 aliphatic carbocycles. The molecule has 0 radical (unpaired) electrons. The van der Waals surface area contributed by atoms with Crippen molar-refractivity contribution in [2.24, 2.45) is 11.7 Å². The van der Waals surface area contributed by atoms with E-state index in [-0.39, 0.29) is 5.78 Å². The van der Waals surface area contributed by atoms with Crippen LogP contribution in [0.15, 0.2) is 18.5 Å². The second kappa shape index (κ2) is 7.01. The molecule has 0 aliphatic heterocycles. The first-order chi connectivity index (χ1) is 8.17. The molecule has 4 nitrogen and oxygen atoms in total. The van der Waals surface area contributed by atoms with Crippen LogP contribution in [0, 0.1) is 5.92 Å². The largest absolute Gasteiger partial charge is 0.492 e. The number of Topliss-reactive ketones (excluding diaryl/α,β-unsaturated/α-hetero) is 1. The van der Waals surface area contributed by atoms with Crippen molar-refractivity contribution in [2.45, 2.75) is 26.7 Å². The lowest BCUT2D eigenvalue weighted by atomic mass is 10.0. The minimum Gasteiger partial charge on any atom is -0.492 e. The summed E-state index contributed by atoms with van der Waals surface area (Å²) in [6, 6.07) is 1.74. The average molecular weight is 236 g/mol. The van der Waals surface area contributed by atoms with Gasteiger partial charge in [-0.2, -0.15) is 0 Å². The summed E-state index contributed by atoms with van der Waals surface area (Å²) in [5.74, 6) is 1.12. The summed E-state index contributed by atoms with van der Waals surface area (Å²) in [6.45, 7) is 5.13. The number of ether oxygens (including phenoxy) is 1. The zero-order valence-corrected chi connectivity index (χ0v) is 10.5. The van der Waals surface area contributed by atoms with Crippen LogP contribution in [0.3, 0.4) is 0 Å². The first kappa shape index (κ1) is 13.6. The number of aromatic nitrogens is 1. The number of hydrogen-bond acceptors (Lipinski definition) is 4. The first-order valence-corrected chi connectivity index (χ1v) is 5.98. The first-order valence-electron chi connectivity index (χ1n) is 5.98. The second-order valence-electron chi connectivity index (χ2n) is 4.15. The lowest BCUT2D eigenvalue weighted by Crippen LogP contribution is -2.12. The normalized spacial score (nSPS) is 12.2. The Morgan fingerprint density at radius 1 is 1.53 bits per heavy atom. The van der Waals surface area contributed by atoms with E-state index >= 15 is 0 Å². The molecule has 1 heterocycles. The fourth-order valence-corrected chi connectivity index (χ4v) is 1.46. The Kier molecular flexibility index (Phi) is 5.63. The molecular formula is C13H20N2O2. The number of ketones is 1. The van der Waals surface area contributed by atoms with Gasteiger partial charge >= 0.3 is 0 Å². The molecule has 0 saturated carbocycles. The molecule has 0 aromatic carbocycles. The molecule has 2 N–H and O–H groups in total. The van der Waals surface area contributed by atoms with E-state index in [1.165, 1.54) is 0 Å². The Balaban J connectivity index is 2.59. The van der Waals surface area contributed by atoms with Crippen molar-refractivity contribution in [3.05, 3.63) is 24.0 Å². The van der Waals surface area contributed by atoms with Crippen LogP contribution in [0.1, 0.15) is 37.0 Å². The molecule has 17 heavy (non-hydrogen) atoms. The van der Waals surface area contributed by atoms with Crippen molar-refractivity contribution < 1.29 is 9.53 Å². The number of hydrogen-bond donors (Lipinski definition) is 1. The third kappa shape index (κ3) is 4.53. The highest BCUT2D eigenvalue weighted by Crippen LogP contribution is 2.14. The Morgan fingerprint density at radius 3 is 2.94 bits per heavy atom.